The third-order valence-electron chi connectivity index (χ3n) is 3.62. The molecular formula is C20H21NO3. The number of pyridine rings is 1. The predicted octanol–water partition coefficient (Wildman–Crippen LogP) is 3.39. The minimum Gasteiger partial charge on any atom is -0.463 e. The van der Waals surface area contributed by atoms with Crippen molar-refractivity contribution in [1.29, 1.82) is 0 Å². The van der Waals surface area contributed by atoms with E-state index in [0.717, 1.165) is 5.56 Å². The number of carbonyl (C=O) groups excluding carboxylic acids is 1. The SMILES string of the molecule is C=CC(O)(c1ccc(C)cc1)c1cccc(/C=C/C(=O)OCC)n1. The molecule has 0 radical (unpaired) electrons. The number of aromatic nitrogens is 1. The van der Waals surface area contributed by atoms with E-state index in [1.807, 2.05) is 31.2 Å². The number of rotatable bonds is 6. The van der Waals surface area contributed by atoms with Crippen molar-refractivity contribution >= 4 is 12.0 Å². The van der Waals surface area contributed by atoms with Crippen LogP contribution in [-0.4, -0.2) is 22.7 Å². The van der Waals surface area contributed by atoms with Gasteiger partial charge >= 0.3 is 5.97 Å². The topological polar surface area (TPSA) is 59.4 Å². The Morgan fingerprint density at radius 1 is 1.29 bits per heavy atom. The van der Waals surface area contributed by atoms with Crippen LogP contribution in [0.4, 0.5) is 0 Å². The maximum atomic E-state index is 11.4. The first kappa shape index (κ1) is 17.6. The van der Waals surface area contributed by atoms with E-state index in [4.69, 9.17) is 4.74 Å². The van der Waals surface area contributed by atoms with Crippen molar-refractivity contribution < 1.29 is 14.6 Å². The fourth-order valence-electron chi connectivity index (χ4n) is 2.28. The first-order valence-electron chi connectivity index (χ1n) is 7.75. The van der Waals surface area contributed by atoms with E-state index in [1.54, 1.807) is 31.2 Å². The van der Waals surface area contributed by atoms with Crippen molar-refractivity contribution in [2.45, 2.75) is 19.4 Å². The number of nitrogens with zero attached hydrogens (tertiary/aromatic N) is 1. The first-order chi connectivity index (χ1) is 11.5. The summed E-state index contributed by atoms with van der Waals surface area (Å²) in [6.45, 7) is 7.80. The molecule has 4 nitrogen and oxygen atoms in total. The molecule has 1 aromatic carbocycles. The molecule has 0 amide bonds. The third kappa shape index (κ3) is 3.97. The summed E-state index contributed by atoms with van der Waals surface area (Å²) < 4.78 is 4.84. The molecular weight excluding hydrogens is 302 g/mol. The van der Waals surface area contributed by atoms with Crippen LogP contribution < -0.4 is 0 Å². The number of aryl methyl sites for hydroxylation is 1. The Morgan fingerprint density at radius 2 is 2.00 bits per heavy atom. The fourth-order valence-corrected chi connectivity index (χ4v) is 2.28. The Bertz CT molecular complexity index is 750. The zero-order valence-electron chi connectivity index (χ0n) is 13.9. The Hall–Kier alpha value is -2.72. The van der Waals surface area contributed by atoms with E-state index in [1.165, 1.54) is 12.2 Å². The fraction of sp³-hybridized carbons (Fsp3) is 0.200. The summed E-state index contributed by atoms with van der Waals surface area (Å²) in [6, 6.07) is 12.8. The van der Waals surface area contributed by atoms with Crippen molar-refractivity contribution in [3.8, 4) is 0 Å². The quantitative estimate of drug-likeness (QED) is 0.503. The van der Waals surface area contributed by atoms with Crippen LogP contribution in [0.3, 0.4) is 0 Å². The first-order valence-corrected chi connectivity index (χ1v) is 7.75. The van der Waals surface area contributed by atoms with Gasteiger partial charge in [0.1, 0.15) is 5.60 Å². The van der Waals surface area contributed by atoms with Crippen molar-refractivity contribution in [3.05, 3.63) is 83.7 Å². The predicted molar refractivity (Wildman–Crippen MR) is 94.3 cm³/mol. The highest BCUT2D eigenvalue weighted by molar-refractivity contribution is 5.86. The molecule has 0 aliphatic carbocycles. The zero-order chi connectivity index (χ0) is 17.6. The average Bonchev–Trinajstić information content (AvgIpc) is 2.60. The molecule has 0 aliphatic heterocycles. The molecule has 0 fully saturated rings. The standard InChI is InChI=1S/C20H21NO3/c1-4-20(23,16-11-9-15(3)10-12-16)18-8-6-7-17(21-18)13-14-19(22)24-5-2/h4,6-14,23H,1,5H2,2-3H3/b14-13+. The summed E-state index contributed by atoms with van der Waals surface area (Å²) >= 11 is 0. The molecule has 2 rings (SSSR count). The summed E-state index contributed by atoms with van der Waals surface area (Å²) in [5.41, 5.74) is 1.37. The van der Waals surface area contributed by atoms with Gasteiger partial charge in [-0.2, -0.15) is 0 Å². The molecule has 1 aromatic heterocycles. The van der Waals surface area contributed by atoms with Crippen molar-refractivity contribution in [1.82, 2.24) is 4.98 Å². The third-order valence-corrected chi connectivity index (χ3v) is 3.62. The van der Waals surface area contributed by atoms with E-state index in [2.05, 4.69) is 11.6 Å². The number of hydrogen-bond acceptors (Lipinski definition) is 4. The molecule has 0 saturated carbocycles. The van der Waals surface area contributed by atoms with Crippen molar-refractivity contribution in [2.75, 3.05) is 6.61 Å². The van der Waals surface area contributed by atoms with Crippen LogP contribution in [0, 0.1) is 6.92 Å². The van der Waals surface area contributed by atoms with Crippen LogP contribution in [0.15, 0.2) is 61.2 Å². The number of esters is 1. The van der Waals surface area contributed by atoms with Gasteiger partial charge < -0.3 is 9.84 Å². The van der Waals surface area contributed by atoms with Gasteiger partial charge in [0.05, 0.1) is 18.0 Å². The van der Waals surface area contributed by atoms with Crippen LogP contribution in [0.25, 0.3) is 6.08 Å². The van der Waals surface area contributed by atoms with Crippen LogP contribution in [0.5, 0.6) is 0 Å². The zero-order valence-corrected chi connectivity index (χ0v) is 13.9. The second-order valence-electron chi connectivity index (χ2n) is 5.37. The van der Waals surface area contributed by atoms with Gasteiger partial charge in [-0.1, -0.05) is 42.5 Å². The maximum Gasteiger partial charge on any atom is 0.330 e. The summed E-state index contributed by atoms with van der Waals surface area (Å²) in [5.74, 6) is -0.428. The van der Waals surface area contributed by atoms with Gasteiger partial charge in [0.2, 0.25) is 0 Å². The Labute approximate surface area is 142 Å². The summed E-state index contributed by atoms with van der Waals surface area (Å²) in [6.07, 6.45) is 4.33. The lowest BCUT2D eigenvalue weighted by Gasteiger charge is -2.24. The van der Waals surface area contributed by atoms with Gasteiger partial charge in [-0.15, -0.1) is 0 Å². The van der Waals surface area contributed by atoms with Crippen molar-refractivity contribution in [2.24, 2.45) is 0 Å². The molecule has 1 atom stereocenters. The van der Waals surface area contributed by atoms with E-state index in [0.29, 0.717) is 23.6 Å². The maximum absolute atomic E-state index is 11.4. The molecule has 1 unspecified atom stereocenters. The molecule has 0 aliphatic rings. The van der Waals surface area contributed by atoms with Gasteiger partial charge in [0, 0.05) is 6.08 Å². The number of benzene rings is 1. The lowest BCUT2D eigenvalue weighted by atomic mass is 9.89. The van der Waals surface area contributed by atoms with Gasteiger partial charge in [-0.05, 0) is 43.7 Å². The molecule has 0 saturated heterocycles. The highest BCUT2D eigenvalue weighted by atomic mass is 16.5. The average molecular weight is 323 g/mol. The van der Waals surface area contributed by atoms with Crippen LogP contribution in [0.1, 0.15) is 29.4 Å². The molecule has 0 bridgehead atoms. The molecule has 1 N–H and O–H groups in total. The second kappa shape index (κ2) is 7.70. The Balaban J connectivity index is 2.36. The summed E-state index contributed by atoms with van der Waals surface area (Å²) in [5, 5.41) is 11.0. The molecule has 4 heteroatoms. The van der Waals surface area contributed by atoms with Crippen LogP contribution in [0.2, 0.25) is 0 Å². The van der Waals surface area contributed by atoms with E-state index in [-0.39, 0.29) is 0 Å². The van der Waals surface area contributed by atoms with Gasteiger partial charge in [0.25, 0.3) is 0 Å². The summed E-state index contributed by atoms with van der Waals surface area (Å²) in [7, 11) is 0. The molecule has 1 heterocycles. The normalized spacial score (nSPS) is 13.5. The monoisotopic (exact) mass is 323 g/mol. The Morgan fingerprint density at radius 3 is 2.62 bits per heavy atom. The highest BCUT2D eigenvalue weighted by Crippen LogP contribution is 2.29. The number of aliphatic hydroxyl groups is 1. The molecule has 24 heavy (non-hydrogen) atoms. The molecule has 2 aromatic rings. The number of hydrogen-bond donors (Lipinski definition) is 1. The van der Waals surface area contributed by atoms with Crippen molar-refractivity contribution in [3.63, 3.8) is 0 Å². The highest BCUT2D eigenvalue weighted by Gasteiger charge is 2.29. The van der Waals surface area contributed by atoms with E-state index >= 15 is 0 Å². The van der Waals surface area contributed by atoms with Gasteiger partial charge in [-0.25, -0.2) is 9.78 Å². The van der Waals surface area contributed by atoms with Crippen LogP contribution >= 0.6 is 0 Å². The lowest BCUT2D eigenvalue weighted by Crippen LogP contribution is -2.25. The summed E-state index contributed by atoms with van der Waals surface area (Å²) in [4.78, 5) is 15.8. The molecule has 0 spiro atoms. The lowest BCUT2D eigenvalue weighted by molar-refractivity contribution is -0.137. The minimum absolute atomic E-state index is 0.320. The number of carbonyl (C=O) groups is 1. The van der Waals surface area contributed by atoms with Crippen LogP contribution in [-0.2, 0) is 15.1 Å². The van der Waals surface area contributed by atoms with Gasteiger partial charge in [-0.3, -0.25) is 0 Å². The second-order valence-corrected chi connectivity index (χ2v) is 5.37. The smallest absolute Gasteiger partial charge is 0.330 e. The molecule has 124 valence electrons. The minimum atomic E-state index is -1.40. The van der Waals surface area contributed by atoms with E-state index in [9.17, 15) is 9.90 Å². The van der Waals surface area contributed by atoms with E-state index < -0.39 is 11.6 Å². The Kier molecular flexibility index (Phi) is 5.66. The number of ether oxygens (including phenoxy) is 1. The largest absolute Gasteiger partial charge is 0.463 e. The van der Waals surface area contributed by atoms with Gasteiger partial charge in [0.15, 0.2) is 0 Å².